The summed E-state index contributed by atoms with van der Waals surface area (Å²) in [7, 11) is 0. The highest BCUT2D eigenvalue weighted by molar-refractivity contribution is 5.78. The lowest BCUT2D eigenvalue weighted by Gasteiger charge is -2.34. The van der Waals surface area contributed by atoms with E-state index in [1.54, 1.807) is 0 Å². The van der Waals surface area contributed by atoms with E-state index >= 15 is 0 Å². The van der Waals surface area contributed by atoms with Crippen LogP contribution in [0.25, 0.3) is 0 Å². The van der Waals surface area contributed by atoms with Gasteiger partial charge in [-0.05, 0) is 19.8 Å². The molecule has 1 fully saturated rings. The maximum atomic E-state index is 12.0. The Labute approximate surface area is 132 Å². The van der Waals surface area contributed by atoms with Gasteiger partial charge in [0.25, 0.3) is 0 Å². The van der Waals surface area contributed by atoms with Crippen molar-refractivity contribution in [2.45, 2.75) is 40.3 Å². The van der Waals surface area contributed by atoms with Crippen LogP contribution >= 0.6 is 0 Å². The summed E-state index contributed by atoms with van der Waals surface area (Å²) in [6.45, 7) is 13.2. The highest BCUT2D eigenvalue weighted by Crippen LogP contribution is 2.09. The number of aryl methyl sites for hydroxylation is 1. The largest absolute Gasteiger partial charge is 0.360 e. The van der Waals surface area contributed by atoms with Crippen LogP contribution in [0, 0.1) is 12.8 Å². The quantitative estimate of drug-likeness (QED) is 0.857. The average molecular weight is 308 g/mol. The summed E-state index contributed by atoms with van der Waals surface area (Å²) in [6.07, 6.45) is 0. The topological polar surface area (TPSA) is 61.6 Å². The van der Waals surface area contributed by atoms with Crippen LogP contribution in [-0.2, 0) is 11.3 Å². The lowest BCUT2D eigenvalue weighted by atomic mass is 10.1. The van der Waals surface area contributed by atoms with Gasteiger partial charge in [-0.1, -0.05) is 19.0 Å². The summed E-state index contributed by atoms with van der Waals surface area (Å²) in [4.78, 5) is 16.6. The molecule has 0 spiro atoms. The monoisotopic (exact) mass is 308 g/mol. The Morgan fingerprint density at radius 1 is 1.27 bits per heavy atom. The predicted molar refractivity (Wildman–Crippen MR) is 85.4 cm³/mol. The van der Waals surface area contributed by atoms with Gasteiger partial charge in [-0.25, -0.2) is 0 Å². The van der Waals surface area contributed by atoms with Gasteiger partial charge in [0, 0.05) is 38.3 Å². The second-order valence-electron chi connectivity index (χ2n) is 6.59. The maximum Gasteiger partial charge on any atom is 0.234 e. The fraction of sp³-hybridized carbons (Fsp3) is 0.750. The standard InChI is InChI=1S/C16H28N4O2/c1-12(2)14(4)17-16(21)11-20-7-5-19(6-8-20)10-15-9-13(3)18-22-15/h9,12,14H,5-8,10-11H2,1-4H3,(H,17,21). The van der Waals surface area contributed by atoms with Gasteiger partial charge in [-0.2, -0.15) is 0 Å². The molecule has 1 N–H and O–H groups in total. The summed E-state index contributed by atoms with van der Waals surface area (Å²) in [6, 6.07) is 2.20. The number of hydrogen-bond donors (Lipinski definition) is 1. The number of hydrogen-bond acceptors (Lipinski definition) is 5. The molecule has 1 aliphatic rings. The van der Waals surface area contributed by atoms with Gasteiger partial charge in [-0.15, -0.1) is 0 Å². The molecule has 0 saturated carbocycles. The van der Waals surface area contributed by atoms with Gasteiger partial charge in [0.05, 0.1) is 18.8 Å². The van der Waals surface area contributed by atoms with Crippen molar-refractivity contribution >= 4 is 5.91 Å². The van der Waals surface area contributed by atoms with Crippen molar-refractivity contribution in [3.63, 3.8) is 0 Å². The minimum absolute atomic E-state index is 0.125. The van der Waals surface area contributed by atoms with Crippen LogP contribution in [0.15, 0.2) is 10.6 Å². The minimum Gasteiger partial charge on any atom is -0.360 e. The van der Waals surface area contributed by atoms with E-state index in [1.165, 1.54) is 0 Å². The number of piperazine rings is 1. The Morgan fingerprint density at radius 3 is 2.45 bits per heavy atom. The summed E-state index contributed by atoms with van der Waals surface area (Å²) in [5.41, 5.74) is 0.921. The van der Waals surface area contributed by atoms with Gasteiger partial charge in [-0.3, -0.25) is 14.6 Å². The first kappa shape index (κ1) is 17.0. The van der Waals surface area contributed by atoms with E-state index in [1.807, 2.05) is 13.0 Å². The van der Waals surface area contributed by atoms with Crippen LogP contribution in [-0.4, -0.2) is 59.6 Å². The third-order valence-electron chi connectivity index (χ3n) is 4.28. The van der Waals surface area contributed by atoms with Gasteiger partial charge >= 0.3 is 0 Å². The second-order valence-corrected chi connectivity index (χ2v) is 6.59. The first-order chi connectivity index (χ1) is 10.4. The molecule has 2 rings (SSSR count). The minimum atomic E-state index is 0.125. The molecule has 0 aromatic carbocycles. The lowest BCUT2D eigenvalue weighted by molar-refractivity contribution is -0.123. The zero-order valence-electron chi connectivity index (χ0n) is 14.1. The van der Waals surface area contributed by atoms with Crippen molar-refractivity contribution in [2.75, 3.05) is 32.7 Å². The molecule has 6 heteroatoms. The fourth-order valence-corrected chi connectivity index (χ4v) is 2.49. The Hall–Kier alpha value is -1.40. The van der Waals surface area contributed by atoms with Gasteiger partial charge in [0.2, 0.25) is 5.91 Å². The third-order valence-corrected chi connectivity index (χ3v) is 4.28. The first-order valence-electron chi connectivity index (χ1n) is 8.10. The third kappa shape index (κ3) is 5.10. The van der Waals surface area contributed by atoms with Crippen molar-refractivity contribution < 1.29 is 9.32 Å². The summed E-state index contributed by atoms with van der Waals surface area (Å²) >= 11 is 0. The maximum absolute atomic E-state index is 12.0. The van der Waals surface area contributed by atoms with Crippen LogP contribution in [0.4, 0.5) is 0 Å². The van der Waals surface area contributed by atoms with E-state index in [0.29, 0.717) is 12.5 Å². The van der Waals surface area contributed by atoms with Crippen LogP contribution in [0.3, 0.4) is 0 Å². The molecule has 0 radical (unpaired) electrons. The van der Waals surface area contributed by atoms with Crippen LogP contribution in [0.5, 0.6) is 0 Å². The first-order valence-corrected chi connectivity index (χ1v) is 8.10. The SMILES string of the molecule is Cc1cc(CN2CCN(CC(=O)NC(C)C(C)C)CC2)on1. The van der Waals surface area contributed by atoms with Gasteiger partial charge in [0.1, 0.15) is 0 Å². The number of amides is 1. The highest BCUT2D eigenvalue weighted by Gasteiger charge is 2.21. The second kappa shape index (κ2) is 7.74. The zero-order chi connectivity index (χ0) is 16.1. The van der Waals surface area contributed by atoms with Crippen molar-refractivity contribution in [1.29, 1.82) is 0 Å². The predicted octanol–water partition coefficient (Wildman–Crippen LogP) is 1.26. The van der Waals surface area contributed by atoms with Crippen LogP contribution in [0.1, 0.15) is 32.2 Å². The van der Waals surface area contributed by atoms with E-state index in [-0.39, 0.29) is 11.9 Å². The molecule has 0 bridgehead atoms. The molecule has 0 aliphatic carbocycles. The molecule has 1 aliphatic heterocycles. The molecular weight excluding hydrogens is 280 g/mol. The number of nitrogens with one attached hydrogen (secondary N) is 1. The van der Waals surface area contributed by atoms with E-state index in [0.717, 1.165) is 44.2 Å². The Balaban J connectivity index is 1.69. The molecule has 1 atom stereocenters. The Kier molecular flexibility index (Phi) is 5.97. The smallest absolute Gasteiger partial charge is 0.234 e. The molecule has 1 unspecified atom stereocenters. The van der Waals surface area contributed by atoms with Crippen molar-refractivity contribution in [3.05, 3.63) is 17.5 Å². The normalized spacial score (nSPS) is 18.6. The van der Waals surface area contributed by atoms with E-state index in [9.17, 15) is 4.79 Å². The van der Waals surface area contributed by atoms with Crippen LogP contribution in [0.2, 0.25) is 0 Å². The van der Waals surface area contributed by atoms with E-state index < -0.39 is 0 Å². The van der Waals surface area contributed by atoms with E-state index in [2.05, 4.69) is 41.0 Å². The van der Waals surface area contributed by atoms with Crippen molar-refractivity contribution in [1.82, 2.24) is 20.3 Å². The Morgan fingerprint density at radius 2 is 1.91 bits per heavy atom. The summed E-state index contributed by atoms with van der Waals surface area (Å²) < 4.78 is 5.26. The van der Waals surface area contributed by atoms with Gasteiger partial charge < -0.3 is 9.84 Å². The molecule has 1 aromatic heterocycles. The zero-order valence-corrected chi connectivity index (χ0v) is 14.1. The fourth-order valence-electron chi connectivity index (χ4n) is 2.49. The molecule has 6 nitrogen and oxygen atoms in total. The number of rotatable bonds is 6. The molecule has 1 saturated heterocycles. The molecule has 2 heterocycles. The lowest BCUT2D eigenvalue weighted by Crippen LogP contribution is -2.50. The highest BCUT2D eigenvalue weighted by atomic mass is 16.5. The van der Waals surface area contributed by atoms with Crippen LogP contribution < -0.4 is 5.32 Å². The summed E-state index contributed by atoms with van der Waals surface area (Å²) in [5.74, 6) is 1.50. The molecule has 22 heavy (non-hydrogen) atoms. The van der Waals surface area contributed by atoms with Crippen molar-refractivity contribution in [2.24, 2.45) is 5.92 Å². The molecule has 1 aromatic rings. The average Bonchev–Trinajstić information content (AvgIpc) is 2.86. The number of carbonyl (C=O) groups excluding carboxylic acids is 1. The number of aromatic nitrogens is 1. The number of nitrogens with zero attached hydrogens (tertiary/aromatic N) is 3. The molecule has 1 amide bonds. The molecular formula is C16H28N4O2. The Bertz CT molecular complexity index is 478. The summed E-state index contributed by atoms with van der Waals surface area (Å²) in [5, 5.41) is 6.98. The van der Waals surface area contributed by atoms with E-state index in [4.69, 9.17) is 4.52 Å². The number of carbonyl (C=O) groups is 1. The van der Waals surface area contributed by atoms with Crippen molar-refractivity contribution in [3.8, 4) is 0 Å². The molecule has 124 valence electrons. The van der Waals surface area contributed by atoms with Gasteiger partial charge in [0.15, 0.2) is 5.76 Å².